The predicted octanol–water partition coefficient (Wildman–Crippen LogP) is 3.05. The molecule has 2 aliphatic rings. The molecule has 7 heteroatoms. The normalized spacial score (nSPS) is 18.4. The molecule has 4 heterocycles. The molecule has 2 aliphatic heterocycles. The number of hydrogen-bond donors (Lipinski definition) is 1. The van der Waals surface area contributed by atoms with Crippen LogP contribution in [0.25, 0.3) is 10.9 Å². The predicted molar refractivity (Wildman–Crippen MR) is 133 cm³/mol. The van der Waals surface area contributed by atoms with Crippen molar-refractivity contribution in [1.29, 1.82) is 0 Å². The summed E-state index contributed by atoms with van der Waals surface area (Å²) in [6.07, 6.45) is 5.83. The molecule has 0 atom stereocenters. The number of carbonyl (C=O) groups excluding carboxylic acids is 1. The van der Waals surface area contributed by atoms with Crippen LogP contribution in [0, 0.1) is 0 Å². The fourth-order valence-electron chi connectivity index (χ4n) is 5.03. The lowest BCUT2D eigenvalue weighted by molar-refractivity contribution is 0.0595. The summed E-state index contributed by atoms with van der Waals surface area (Å²) in [5.74, 6) is 0.142. The first kappa shape index (κ1) is 21.9. The number of piperazine rings is 2. The van der Waals surface area contributed by atoms with Gasteiger partial charge in [-0.05, 0) is 43.7 Å². The van der Waals surface area contributed by atoms with Crippen molar-refractivity contribution in [2.24, 2.45) is 0 Å². The van der Waals surface area contributed by atoms with Gasteiger partial charge in [0.15, 0.2) is 0 Å². The summed E-state index contributed by atoms with van der Waals surface area (Å²) in [4.78, 5) is 30.0. The van der Waals surface area contributed by atoms with Crippen LogP contribution in [-0.2, 0) is 6.54 Å². The number of benzene rings is 1. The average Bonchev–Trinajstić information content (AvgIpc) is 3.26. The Hall–Kier alpha value is -2.90. The Balaban J connectivity index is 1.21. The highest BCUT2D eigenvalue weighted by molar-refractivity contribution is 5.98. The van der Waals surface area contributed by atoms with Crippen molar-refractivity contribution in [3.05, 3.63) is 60.0 Å². The first-order chi connectivity index (χ1) is 16.1. The van der Waals surface area contributed by atoms with E-state index in [1.165, 1.54) is 16.6 Å². The fraction of sp³-hybridized carbons (Fsp3) is 0.462. The third-order valence-electron chi connectivity index (χ3n) is 7.14. The zero-order valence-electron chi connectivity index (χ0n) is 19.7. The first-order valence-corrected chi connectivity index (χ1v) is 12.1. The highest BCUT2D eigenvalue weighted by atomic mass is 16.2. The van der Waals surface area contributed by atoms with E-state index in [1.807, 2.05) is 29.4 Å². The van der Waals surface area contributed by atoms with Crippen molar-refractivity contribution in [3.63, 3.8) is 0 Å². The largest absolute Gasteiger partial charge is 0.369 e. The Morgan fingerprint density at radius 3 is 2.39 bits per heavy atom. The van der Waals surface area contributed by atoms with Crippen LogP contribution < -0.4 is 4.90 Å². The zero-order chi connectivity index (χ0) is 22.8. The van der Waals surface area contributed by atoms with E-state index in [-0.39, 0.29) is 5.91 Å². The third kappa shape index (κ3) is 4.75. The van der Waals surface area contributed by atoms with Crippen LogP contribution >= 0.6 is 0 Å². The maximum absolute atomic E-state index is 13.1. The molecule has 2 aromatic heterocycles. The number of carbonyl (C=O) groups is 1. The van der Waals surface area contributed by atoms with E-state index in [1.54, 1.807) is 0 Å². The quantitative estimate of drug-likeness (QED) is 0.653. The molecule has 2 saturated heterocycles. The molecule has 174 valence electrons. The summed E-state index contributed by atoms with van der Waals surface area (Å²) in [5, 5.41) is 1.22. The number of hydrogen-bond acceptors (Lipinski definition) is 5. The third-order valence-corrected chi connectivity index (χ3v) is 7.14. The molecule has 0 spiro atoms. The zero-order valence-corrected chi connectivity index (χ0v) is 19.7. The van der Waals surface area contributed by atoms with Crippen molar-refractivity contribution < 1.29 is 4.79 Å². The molecule has 0 saturated carbocycles. The van der Waals surface area contributed by atoms with E-state index in [0.29, 0.717) is 6.04 Å². The van der Waals surface area contributed by atoms with Crippen LogP contribution in [0.3, 0.4) is 0 Å². The highest BCUT2D eigenvalue weighted by Gasteiger charge is 2.24. The molecular formula is C26H34N6O. The van der Waals surface area contributed by atoms with Crippen LogP contribution in [0.1, 0.15) is 29.8 Å². The minimum Gasteiger partial charge on any atom is -0.369 e. The lowest BCUT2D eigenvalue weighted by Gasteiger charge is -2.37. The number of pyridine rings is 1. The molecule has 1 N–H and O–H groups in total. The number of rotatable bonds is 5. The number of aromatic amines is 1. The van der Waals surface area contributed by atoms with Crippen molar-refractivity contribution in [3.8, 4) is 0 Å². The van der Waals surface area contributed by atoms with E-state index < -0.39 is 0 Å². The van der Waals surface area contributed by atoms with Crippen LogP contribution in [-0.4, -0.2) is 89.0 Å². The number of H-pyrrole nitrogens is 1. The van der Waals surface area contributed by atoms with Crippen LogP contribution in [0.2, 0.25) is 0 Å². The lowest BCUT2D eigenvalue weighted by atomic mass is 10.1. The van der Waals surface area contributed by atoms with Crippen LogP contribution in [0.4, 0.5) is 5.69 Å². The summed E-state index contributed by atoms with van der Waals surface area (Å²) in [6.45, 7) is 13.0. The van der Waals surface area contributed by atoms with Gasteiger partial charge in [-0.3, -0.25) is 19.6 Å². The minimum absolute atomic E-state index is 0.142. The monoisotopic (exact) mass is 446 g/mol. The Morgan fingerprint density at radius 1 is 0.970 bits per heavy atom. The fourth-order valence-corrected chi connectivity index (χ4v) is 5.03. The Bertz CT molecular complexity index is 1080. The summed E-state index contributed by atoms with van der Waals surface area (Å²) in [5.41, 5.74) is 4.37. The van der Waals surface area contributed by atoms with Gasteiger partial charge in [-0.25, -0.2) is 0 Å². The van der Waals surface area contributed by atoms with Gasteiger partial charge >= 0.3 is 0 Å². The maximum Gasteiger partial charge on any atom is 0.254 e. The Kier molecular flexibility index (Phi) is 6.33. The SMILES string of the molecule is CC(C)N1CCN(C(=O)c2ccc3c(CN4CCN(c5ccncc5)CC4)c[nH]c3c2)CC1. The molecule has 3 aromatic rings. The van der Waals surface area contributed by atoms with Gasteiger partial charge < -0.3 is 14.8 Å². The topological polar surface area (TPSA) is 58.7 Å². The number of fused-ring (bicyclic) bond motifs is 1. The molecule has 2 fully saturated rings. The molecule has 0 unspecified atom stereocenters. The average molecular weight is 447 g/mol. The van der Waals surface area contributed by atoms with Crippen molar-refractivity contribution >= 4 is 22.5 Å². The van der Waals surface area contributed by atoms with Crippen LogP contribution in [0.15, 0.2) is 48.9 Å². The molecule has 0 bridgehead atoms. The summed E-state index contributed by atoms with van der Waals surface area (Å²) < 4.78 is 0. The number of anilines is 1. The van der Waals surface area contributed by atoms with Gasteiger partial charge in [0.05, 0.1) is 0 Å². The first-order valence-electron chi connectivity index (χ1n) is 12.1. The van der Waals surface area contributed by atoms with Crippen molar-refractivity contribution in [1.82, 2.24) is 24.7 Å². The second kappa shape index (κ2) is 9.53. The van der Waals surface area contributed by atoms with E-state index in [4.69, 9.17) is 0 Å². The molecule has 0 radical (unpaired) electrons. The van der Waals surface area contributed by atoms with E-state index in [9.17, 15) is 4.79 Å². The second-order valence-corrected chi connectivity index (χ2v) is 9.46. The van der Waals surface area contributed by atoms with Crippen LogP contribution in [0.5, 0.6) is 0 Å². The highest BCUT2D eigenvalue weighted by Crippen LogP contribution is 2.23. The molecule has 1 aromatic carbocycles. The van der Waals surface area contributed by atoms with Crippen molar-refractivity contribution in [2.75, 3.05) is 57.3 Å². The standard InChI is InChI=1S/C26H34N6O/c1-20(2)30-13-15-32(16-14-30)26(33)21-3-4-24-22(18-28-25(24)17-21)19-29-9-11-31(12-10-29)23-5-7-27-8-6-23/h3-8,17-18,20,28H,9-16,19H2,1-2H3. The van der Waals surface area contributed by atoms with Gasteiger partial charge in [0.25, 0.3) is 5.91 Å². The summed E-state index contributed by atoms with van der Waals surface area (Å²) in [6, 6.07) is 10.8. The second-order valence-electron chi connectivity index (χ2n) is 9.46. The lowest BCUT2D eigenvalue weighted by Crippen LogP contribution is -2.50. The minimum atomic E-state index is 0.142. The number of aromatic nitrogens is 2. The Morgan fingerprint density at radius 2 is 1.70 bits per heavy atom. The molecule has 33 heavy (non-hydrogen) atoms. The maximum atomic E-state index is 13.1. The van der Waals surface area contributed by atoms with Gasteiger partial charge in [0.2, 0.25) is 0 Å². The molecule has 7 nitrogen and oxygen atoms in total. The molecule has 1 amide bonds. The number of nitrogens with zero attached hydrogens (tertiary/aromatic N) is 5. The van der Waals surface area contributed by atoms with Crippen molar-refractivity contribution in [2.45, 2.75) is 26.4 Å². The smallest absolute Gasteiger partial charge is 0.254 e. The summed E-state index contributed by atoms with van der Waals surface area (Å²) >= 11 is 0. The van der Waals surface area contributed by atoms with Gasteiger partial charge in [0, 0.05) is 106 Å². The van der Waals surface area contributed by atoms with Gasteiger partial charge in [-0.1, -0.05) is 6.07 Å². The van der Waals surface area contributed by atoms with Gasteiger partial charge in [-0.2, -0.15) is 0 Å². The van der Waals surface area contributed by atoms with E-state index in [0.717, 1.165) is 70.0 Å². The molecular weight excluding hydrogens is 412 g/mol. The summed E-state index contributed by atoms with van der Waals surface area (Å²) in [7, 11) is 0. The van der Waals surface area contributed by atoms with Gasteiger partial charge in [0.1, 0.15) is 0 Å². The number of nitrogens with one attached hydrogen (secondary N) is 1. The molecule has 5 rings (SSSR count). The van der Waals surface area contributed by atoms with E-state index >= 15 is 0 Å². The number of amides is 1. The Labute approximate surface area is 196 Å². The van der Waals surface area contributed by atoms with E-state index in [2.05, 4.69) is 62.9 Å². The molecule has 0 aliphatic carbocycles. The van der Waals surface area contributed by atoms with Gasteiger partial charge in [-0.15, -0.1) is 0 Å².